The molecule has 1 heteroatoms. The van der Waals surface area contributed by atoms with Gasteiger partial charge in [-0.1, -0.05) is 56.3 Å². The van der Waals surface area contributed by atoms with E-state index in [1.807, 2.05) is 30.3 Å². The van der Waals surface area contributed by atoms with Crippen molar-refractivity contribution < 1.29 is 4.39 Å². The Morgan fingerprint density at radius 3 is 2.12 bits per heavy atom. The maximum Gasteiger partial charge on any atom is 0.126 e. The third-order valence-corrected chi connectivity index (χ3v) is 3.38. The summed E-state index contributed by atoms with van der Waals surface area (Å²) in [5, 5.41) is 0. The van der Waals surface area contributed by atoms with Gasteiger partial charge in [-0.2, -0.15) is 0 Å². The minimum absolute atomic E-state index is 0.0975. The molecule has 0 nitrogen and oxygen atoms in total. The average Bonchev–Trinajstić information content (AvgIpc) is 2.33. The van der Waals surface area contributed by atoms with Crippen molar-refractivity contribution in [3.63, 3.8) is 0 Å². The van der Waals surface area contributed by atoms with E-state index in [0.29, 0.717) is 5.56 Å². The molecular formula is C16H17F. The van der Waals surface area contributed by atoms with Crippen molar-refractivity contribution in [3.8, 4) is 0 Å². The second-order valence-corrected chi connectivity index (χ2v) is 4.95. The van der Waals surface area contributed by atoms with E-state index in [9.17, 15) is 4.39 Å². The standard InChI is InChI=1S/C16H17F/c1-12-11-14(9-10-15(12)17)16(2,3)13-7-5-4-6-8-13/h4-11H,1-3H3. The van der Waals surface area contributed by atoms with Crippen molar-refractivity contribution in [2.45, 2.75) is 26.2 Å². The van der Waals surface area contributed by atoms with Gasteiger partial charge in [0.25, 0.3) is 0 Å². The molecule has 2 aromatic rings. The Kier molecular flexibility index (Phi) is 3.01. The molecule has 0 fully saturated rings. The van der Waals surface area contributed by atoms with E-state index in [1.54, 1.807) is 13.0 Å². The zero-order chi connectivity index (χ0) is 12.5. The summed E-state index contributed by atoms with van der Waals surface area (Å²) in [6.07, 6.45) is 0. The lowest BCUT2D eigenvalue weighted by atomic mass is 9.78. The lowest BCUT2D eigenvalue weighted by Crippen LogP contribution is -2.19. The predicted molar refractivity (Wildman–Crippen MR) is 69.7 cm³/mol. The summed E-state index contributed by atoms with van der Waals surface area (Å²) < 4.78 is 13.3. The van der Waals surface area contributed by atoms with Crippen molar-refractivity contribution in [2.24, 2.45) is 0 Å². The van der Waals surface area contributed by atoms with Crippen LogP contribution >= 0.6 is 0 Å². The normalized spacial score (nSPS) is 11.5. The van der Waals surface area contributed by atoms with Gasteiger partial charge in [0.2, 0.25) is 0 Å². The molecule has 0 radical (unpaired) electrons. The number of benzene rings is 2. The SMILES string of the molecule is Cc1cc(C(C)(C)c2ccccc2)ccc1F. The first kappa shape index (κ1) is 11.8. The first-order valence-corrected chi connectivity index (χ1v) is 5.84. The van der Waals surface area contributed by atoms with Crippen molar-refractivity contribution in [2.75, 3.05) is 0 Å². The fourth-order valence-electron chi connectivity index (χ4n) is 2.05. The van der Waals surface area contributed by atoms with E-state index >= 15 is 0 Å². The number of hydrogen-bond acceptors (Lipinski definition) is 0. The quantitative estimate of drug-likeness (QED) is 0.712. The molecule has 17 heavy (non-hydrogen) atoms. The smallest absolute Gasteiger partial charge is 0.126 e. The van der Waals surface area contributed by atoms with Crippen LogP contribution in [0.15, 0.2) is 48.5 Å². The highest BCUT2D eigenvalue weighted by molar-refractivity contribution is 5.39. The van der Waals surface area contributed by atoms with Crippen LogP contribution in [0.25, 0.3) is 0 Å². The summed E-state index contributed by atoms with van der Waals surface area (Å²) >= 11 is 0. The summed E-state index contributed by atoms with van der Waals surface area (Å²) in [6, 6.07) is 15.7. The van der Waals surface area contributed by atoms with Crippen molar-refractivity contribution in [1.29, 1.82) is 0 Å². The van der Waals surface area contributed by atoms with Crippen LogP contribution in [0.1, 0.15) is 30.5 Å². The maximum atomic E-state index is 13.3. The van der Waals surface area contributed by atoms with E-state index < -0.39 is 0 Å². The van der Waals surface area contributed by atoms with Gasteiger partial charge in [-0.15, -0.1) is 0 Å². The molecule has 0 atom stereocenters. The first-order chi connectivity index (χ1) is 8.01. The van der Waals surface area contributed by atoms with Gasteiger partial charge in [0.15, 0.2) is 0 Å². The third kappa shape index (κ3) is 2.23. The van der Waals surface area contributed by atoms with Crippen molar-refractivity contribution in [1.82, 2.24) is 0 Å². The monoisotopic (exact) mass is 228 g/mol. The minimum atomic E-state index is -0.141. The highest BCUT2D eigenvalue weighted by atomic mass is 19.1. The number of hydrogen-bond donors (Lipinski definition) is 0. The zero-order valence-corrected chi connectivity index (χ0v) is 10.5. The van der Waals surface area contributed by atoms with Gasteiger partial charge in [0, 0.05) is 5.41 Å². The highest BCUT2D eigenvalue weighted by Gasteiger charge is 2.23. The molecule has 0 bridgehead atoms. The summed E-state index contributed by atoms with van der Waals surface area (Å²) in [5.41, 5.74) is 2.99. The fourth-order valence-corrected chi connectivity index (χ4v) is 2.05. The van der Waals surface area contributed by atoms with Gasteiger partial charge in [-0.3, -0.25) is 0 Å². The van der Waals surface area contributed by atoms with Gasteiger partial charge in [0.05, 0.1) is 0 Å². The second-order valence-electron chi connectivity index (χ2n) is 4.95. The number of rotatable bonds is 2. The Morgan fingerprint density at radius 2 is 1.53 bits per heavy atom. The molecular weight excluding hydrogens is 211 g/mol. The first-order valence-electron chi connectivity index (χ1n) is 5.84. The molecule has 0 aliphatic carbocycles. The molecule has 0 aromatic heterocycles. The minimum Gasteiger partial charge on any atom is -0.207 e. The van der Waals surface area contributed by atoms with E-state index in [2.05, 4.69) is 26.0 Å². The molecule has 0 spiro atoms. The molecule has 0 aliphatic heterocycles. The Hall–Kier alpha value is -1.63. The Labute approximate surface area is 102 Å². The third-order valence-electron chi connectivity index (χ3n) is 3.38. The lowest BCUT2D eigenvalue weighted by molar-refractivity contribution is 0.605. The van der Waals surface area contributed by atoms with Crippen LogP contribution in [-0.4, -0.2) is 0 Å². The Balaban J connectivity index is 2.48. The summed E-state index contributed by atoms with van der Waals surface area (Å²) in [6.45, 7) is 6.13. The van der Waals surface area contributed by atoms with Crippen molar-refractivity contribution in [3.05, 3.63) is 71.0 Å². The number of halogens is 1. The lowest BCUT2D eigenvalue weighted by Gasteiger charge is -2.26. The molecule has 2 aromatic carbocycles. The van der Waals surface area contributed by atoms with Crippen LogP contribution in [-0.2, 0) is 5.41 Å². The molecule has 0 saturated carbocycles. The van der Waals surface area contributed by atoms with Crippen LogP contribution in [0.5, 0.6) is 0 Å². The largest absolute Gasteiger partial charge is 0.207 e. The number of aryl methyl sites for hydroxylation is 1. The van der Waals surface area contributed by atoms with Crippen LogP contribution < -0.4 is 0 Å². The van der Waals surface area contributed by atoms with Gasteiger partial charge >= 0.3 is 0 Å². The fraction of sp³-hybridized carbons (Fsp3) is 0.250. The van der Waals surface area contributed by atoms with Gasteiger partial charge in [0.1, 0.15) is 5.82 Å². The maximum absolute atomic E-state index is 13.3. The highest BCUT2D eigenvalue weighted by Crippen LogP contribution is 2.31. The predicted octanol–water partition coefficient (Wildman–Crippen LogP) is 4.46. The zero-order valence-electron chi connectivity index (χ0n) is 10.5. The summed E-state index contributed by atoms with van der Waals surface area (Å²) in [4.78, 5) is 0. The molecule has 0 heterocycles. The van der Waals surface area contributed by atoms with E-state index in [1.165, 1.54) is 5.56 Å². The summed E-state index contributed by atoms with van der Waals surface area (Å²) in [5.74, 6) is -0.141. The van der Waals surface area contributed by atoms with Gasteiger partial charge < -0.3 is 0 Å². The van der Waals surface area contributed by atoms with E-state index in [4.69, 9.17) is 0 Å². The van der Waals surface area contributed by atoms with Gasteiger partial charge in [-0.05, 0) is 29.7 Å². The van der Waals surface area contributed by atoms with Crippen molar-refractivity contribution >= 4 is 0 Å². The van der Waals surface area contributed by atoms with Crippen LogP contribution in [0.3, 0.4) is 0 Å². The molecule has 0 amide bonds. The molecule has 0 saturated heterocycles. The van der Waals surface area contributed by atoms with Crippen LogP contribution in [0.2, 0.25) is 0 Å². The molecule has 2 rings (SSSR count). The Morgan fingerprint density at radius 1 is 0.882 bits per heavy atom. The van der Waals surface area contributed by atoms with Crippen LogP contribution in [0, 0.1) is 12.7 Å². The van der Waals surface area contributed by atoms with E-state index in [-0.39, 0.29) is 11.2 Å². The average molecular weight is 228 g/mol. The topological polar surface area (TPSA) is 0 Å². The Bertz CT molecular complexity index is 512. The van der Waals surface area contributed by atoms with Gasteiger partial charge in [-0.25, -0.2) is 4.39 Å². The molecule has 0 N–H and O–H groups in total. The van der Waals surface area contributed by atoms with E-state index in [0.717, 1.165) is 5.56 Å². The molecule has 88 valence electrons. The second kappa shape index (κ2) is 4.33. The molecule has 0 unspecified atom stereocenters. The van der Waals surface area contributed by atoms with Crippen LogP contribution in [0.4, 0.5) is 4.39 Å². The summed E-state index contributed by atoms with van der Waals surface area (Å²) in [7, 11) is 0. The molecule has 0 aliphatic rings.